The van der Waals surface area contributed by atoms with Crippen LogP contribution in [-0.4, -0.2) is 30.0 Å². The number of ether oxygens (including phenoxy) is 1. The molecule has 6 heteroatoms. The fourth-order valence-corrected chi connectivity index (χ4v) is 3.68. The summed E-state index contributed by atoms with van der Waals surface area (Å²) in [7, 11) is 2.10. The summed E-state index contributed by atoms with van der Waals surface area (Å²) >= 11 is 12.3. The van der Waals surface area contributed by atoms with E-state index < -0.39 is 11.9 Å². The van der Waals surface area contributed by atoms with Gasteiger partial charge in [0.1, 0.15) is 17.7 Å². The summed E-state index contributed by atoms with van der Waals surface area (Å²) in [5.41, 5.74) is 3.51. The quantitative estimate of drug-likeness (QED) is 0.622. The van der Waals surface area contributed by atoms with Crippen molar-refractivity contribution in [2.75, 3.05) is 20.1 Å². The Labute approximate surface area is 163 Å². The number of hydrogen-bond acceptors (Lipinski definition) is 3. The molecule has 26 heavy (non-hydrogen) atoms. The van der Waals surface area contributed by atoms with Crippen LogP contribution in [0.5, 0.6) is 5.75 Å². The molecule has 3 nitrogen and oxygen atoms in total. The predicted octanol–water partition coefficient (Wildman–Crippen LogP) is 5.69. The topological polar surface area (TPSA) is 25.4 Å². The molecule has 1 aromatic carbocycles. The van der Waals surface area contributed by atoms with Gasteiger partial charge < -0.3 is 9.64 Å². The fourth-order valence-electron chi connectivity index (χ4n) is 3.01. The number of hydrogen-bond donors (Lipinski definition) is 0. The summed E-state index contributed by atoms with van der Waals surface area (Å²) in [6.45, 7) is 5.61. The molecule has 2 heterocycles. The van der Waals surface area contributed by atoms with Gasteiger partial charge in [0.25, 0.3) is 0 Å². The van der Waals surface area contributed by atoms with Crippen molar-refractivity contribution in [3.63, 3.8) is 0 Å². The van der Waals surface area contributed by atoms with Gasteiger partial charge in [-0.15, -0.1) is 0 Å². The second-order valence-corrected chi connectivity index (χ2v) is 7.35. The van der Waals surface area contributed by atoms with Gasteiger partial charge in [-0.25, -0.2) is 4.39 Å². The first-order chi connectivity index (χ1) is 12.4. The highest BCUT2D eigenvalue weighted by Crippen LogP contribution is 2.36. The molecule has 3 rings (SSSR count). The smallest absolute Gasteiger partial charge is 0.142 e. The molecule has 0 N–H and O–H groups in total. The minimum Gasteiger partial charge on any atom is -0.484 e. The zero-order chi connectivity index (χ0) is 18.8. The van der Waals surface area contributed by atoms with Gasteiger partial charge in [0.15, 0.2) is 0 Å². The van der Waals surface area contributed by atoms with Crippen LogP contribution >= 0.6 is 23.2 Å². The molecule has 0 radical (unpaired) electrons. The van der Waals surface area contributed by atoms with Crippen LogP contribution < -0.4 is 4.74 Å². The van der Waals surface area contributed by atoms with Crippen LogP contribution in [0.3, 0.4) is 0 Å². The highest BCUT2D eigenvalue weighted by Gasteiger charge is 2.20. The Morgan fingerprint density at radius 1 is 1.31 bits per heavy atom. The minimum absolute atomic E-state index is 0.00945. The number of likely N-dealkylation sites (N-methyl/N-ethyl adjacent to an activating group) is 1. The summed E-state index contributed by atoms with van der Waals surface area (Å²) in [5.74, 6) is 0.132. The van der Waals surface area contributed by atoms with Gasteiger partial charge in [-0.05, 0) is 56.7 Å². The van der Waals surface area contributed by atoms with Crippen LogP contribution in [0.25, 0.3) is 5.57 Å². The third-order valence-electron chi connectivity index (χ3n) is 4.61. The Hall–Kier alpha value is -1.62. The maximum absolute atomic E-state index is 13.8. The van der Waals surface area contributed by atoms with Crippen LogP contribution in [-0.2, 0) is 0 Å². The van der Waals surface area contributed by atoms with Crippen molar-refractivity contribution in [3.8, 4) is 5.75 Å². The largest absolute Gasteiger partial charge is 0.484 e. The van der Waals surface area contributed by atoms with Gasteiger partial charge >= 0.3 is 0 Å². The lowest BCUT2D eigenvalue weighted by molar-refractivity contribution is 0.224. The van der Waals surface area contributed by atoms with Crippen molar-refractivity contribution in [3.05, 3.63) is 63.2 Å². The second-order valence-electron chi connectivity index (χ2n) is 6.57. The molecule has 1 unspecified atom stereocenters. The second kappa shape index (κ2) is 7.95. The molecule has 0 fully saturated rings. The molecule has 0 saturated carbocycles. The first-order valence-corrected chi connectivity index (χ1v) is 9.27. The summed E-state index contributed by atoms with van der Waals surface area (Å²) in [6, 6.07) is 4.72. The maximum Gasteiger partial charge on any atom is 0.142 e. The van der Waals surface area contributed by atoms with Gasteiger partial charge in [0.05, 0.1) is 10.7 Å². The van der Waals surface area contributed by atoms with Gasteiger partial charge in [-0.2, -0.15) is 0 Å². The van der Waals surface area contributed by atoms with E-state index in [1.807, 2.05) is 19.2 Å². The molecular formula is C20H21Cl2FN2O. The van der Waals surface area contributed by atoms with Crippen LogP contribution in [0.2, 0.25) is 10.0 Å². The van der Waals surface area contributed by atoms with Crippen LogP contribution in [0.4, 0.5) is 4.39 Å². The van der Waals surface area contributed by atoms with Crippen molar-refractivity contribution in [1.82, 2.24) is 9.88 Å². The Bertz CT molecular complexity index is 854. The van der Waals surface area contributed by atoms with Crippen LogP contribution in [0.1, 0.15) is 36.3 Å². The molecule has 1 atom stereocenters. The van der Waals surface area contributed by atoms with E-state index in [1.54, 1.807) is 6.92 Å². The van der Waals surface area contributed by atoms with Crippen molar-refractivity contribution in [1.29, 1.82) is 0 Å². The number of halogens is 3. The zero-order valence-corrected chi connectivity index (χ0v) is 16.5. The van der Waals surface area contributed by atoms with Crippen molar-refractivity contribution in [2.45, 2.75) is 26.4 Å². The number of rotatable bonds is 4. The predicted molar refractivity (Wildman–Crippen MR) is 105 cm³/mol. The number of aryl methyl sites for hydroxylation is 1. The van der Waals surface area contributed by atoms with E-state index in [0.29, 0.717) is 16.3 Å². The molecular weight excluding hydrogens is 374 g/mol. The molecule has 0 amide bonds. The monoisotopic (exact) mass is 394 g/mol. The highest BCUT2D eigenvalue weighted by atomic mass is 35.5. The van der Waals surface area contributed by atoms with E-state index in [4.69, 9.17) is 27.9 Å². The SMILES string of the molecule is Cc1ncc(C2=CCN(C)CC2)cc1OC(C)c1c(Cl)ccc(F)c1Cl. The Kier molecular flexibility index (Phi) is 5.86. The third kappa shape index (κ3) is 4.03. The number of pyridine rings is 1. The van der Waals surface area contributed by atoms with E-state index in [0.717, 1.165) is 30.8 Å². The minimum atomic E-state index is -0.512. The molecule has 1 aromatic heterocycles. The van der Waals surface area contributed by atoms with Crippen molar-refractivity contribution >= 4 is 28.8 Å². The molecule has 0 bridgehead atoms. The average molecular weight is 395 g/mol. The van der Waals surface area contributed by atoms with Gasteiger partial charge in [0.2, 0.25) is 0 Å². The molecule has 2 aromatic rings. The summed E-state index contributed by atoms with van der Waals surface area (Å²) < 4.78 is 19.9. The zero-order valence-electron chi connectivity index (χ0n) is 15.0. The van der Waals surface area contributed by atoms with Crippen LogP contribution in [0, 0.1) is 12.7 Å². The molecule has 1 aliphatic heterocycles. The van der Waals surface area contributed by atoms with Gasteiger partial charge in [-0.1, -0.05) is 29.3 Å². The summed E-state index contributed by atoms with van der Waals surface area (Å²) in [6.07, 6.45) is 4.54. The van der Waals surface area contributed by atoms with Crippen molar-refractivity contribution in [2.24, 2.45) is 0 Å². The first kappa shape index (κ1) is 19.2. The lowest BCUT2D eigenvalue weighted by Gasteiger charge is -2.23. The Morgan fingerprint density at radius 3 is 2.77 bits per heavy atom. The molecule has 138 valence electrons. The number of nitrogens with zero attached hydrogens (tertiary/aromatic N) is 2. The average Bonchev–Trinajstić information content (AvgIpc) is 2.61. The van der Waals surface area contributed by atoms with E-state index in [2.05, 4.69) is 23.0 Å². The molecule has 0 spiro atoms. The molecule has 1 aliphatic rings. The first-order valence-electron chi connectivity index (χ1n) is 8.51. The standard InChI is InChI=1S/C20H21Cl2FN2O/c1-12-18(10-15(11-24-12)14-6-8-25(3)9-7-14)26-13(2)19-16(21)4-5-17(23)20(19)22/h4-6,10-11,13H,7-9H2,1-3H3. The Balaban J connectivity index is 1.88. The summed E-state index contributed by atoms with van der Waals surface area (Å²) in [4.78, 5) is 6.73. The van der Waals surface area contributed by atoms with E-state index in [-0.39, 0.29) is 5.02 Å². The van der Waals surface area contributed by atoms with Gasteiger partial charge in [0, 0.05) is 29.9 Å². The lowest BCUT2D eigenvalue weighted by Crippen LogP contribution is -2.23. The third-order valence-corrected chi connectivity index (χ3v) is 5.33. The van der Waals surface area contributed by atoms with E-state index >= 15 is 0 Å². The van der Waals surface area contributed by atoms with Crippen molar-refractivity contribution < 1.29 is 9.13 Å². The molecule has 0 aliphatic carbocycles. The number of benzene rings is 1. The number of aromatic nitrogens is 1. The lowest BCUT2D eigenvalue weighted by atomic mass is 10.0. The fraction of sp³-hybridized carbons (Fsp3) is 0.350. The van der Waals surface area contributed by atoms with Crippen LogP contribution in [0.15, 0.2) is 30.5 Å². The summed E-state index contributed by atoms with van der Waals surface area (Å²) in [5, 5.41) is 0.369. The molecule has 0 saturated heterocycles. The van der Waals surface area contributed by atoms with E-state index in [9.17, 15) is 4.39 Å². The van der Waals surface area contributed by atoms with E-state index in [1.165, 1.54) is 17.7 Å². The highest BCUT2D eigenvalue weighted by molar-refractivity contribution is 6.36. The normalized spacial score (nSPS) is 16.3. The Morgan fingerprint density at radius 2 is 2.08 bits per heavy atom. The maximum atomic E-state index is 13.8. The van der Waals surface area contributed by atoms with Gasteiger partial charge in [-0.3, -0.25) is 4.98 Å².